The maximum atomic E-state index is 12.8. The summed E-state index contributed by atoms with van der Waals surface area (Å²) < 4.78 is 25.5. The highest BCUT2D eigenvalue weighted by molar-refractivity contribution is 7.88. The lowest BCUT2D eigenvalue weighted by Gasteiger charge is -2.20. The standard InChI is InChI=1S/C23H21ClN2O4S/c1-31(29,30)26(15-18-11-5-7-13-20(18)24)16-22(27)25-21-14-8-6-12-19(21)23(28)17-9-3-2-4-10-17/h2-14H,15-16H2,1H3,(H,25,27). The van der Waals surface area contributed by atoms with Crippen LogP contribution in [-0.4, -0.2) is 37.2 Å². The molecule has 0 radical (unpaired) electrons. The number of nitrogens with zero attached hydrogens (tertiary/aromatic N) is 1. The van der Waals surface area contributed by atoms with Gasteiger partial charge in [-0.3, -0.25) is 9.59 Å². The summed E-state index contributed by atoms with van der Waals surface area (Å²) in [4.78, 5) is 25.5. The van der Waals surface area contributed by atoms with E-state index < -0.39 is 22.5 Å². The van der Waals surface area contributed by atoms with Crippen LogP contribution >= 0.6 is 11.6 Å². The molecule has 6 nitrogen and oxygen atoms in total. The number of amides is 1. The van der Waals surface area contributed by atoms with Gasteiger partial charge in [0.2, 0.25) is 15.9 Å². The smallest absolute Gasteiger partial charge is 0.239 e. The average molecular weight is 457 g/mol. The molecular formula is C23H21ClN2O4S. The van der Waals surface area contributed by atoms with E-state index in [1.807, 2.05) is 6.07 Å². The number of hydrogen-bond acceptors (Lipinski definition) is 4. The van der Waals surface area contributed by atoms with Crippen LogP contribution in [-0.2, 0) is 21.4 Å². The second-order valence-corrected chi connectivity index (χ2v) is 9.30. The van der Waals surface area contributed by atoms with E-state index in [0.29, 0.717) is 27.4 Å². The Morgan fingerprint density at radius 2 is 1.52 bits per heavy atom. The number of hydrogen-bond donors (Lipinski definition) is 1. The van der Waals surface area contributed by atoms with Crippen LogP contribution in [0.4, 0.5) is 5.69 Å². The zero-order valence-corrected chi connectivity index (χ0v) is 18.4. The minimum atomic E-state index is -3.69. The Kier molecular flexibility index (Phi) is 7.22. The number of benzene rings is 3. The first kappa shape index (κ1) is 22.7. The molecule has 160 valence electrons. The van der Waals surface area contributed by atoms with Crippen LogP contribution in [0.2, 0.25) is 5.02 Å². The number of carbonyl (C=O) groups excluding carboxylic acids is 2. The van der Waals surface area contributed by atoms with Crippen molar-refractivity contribution in [3.8, 4) is 0 Å². The number of halogens is 1. The highest BCUT2D eigenvalue weighted by Crippen LogP contribution is 2.21. The van der Waals surface area contributed by atoms with Gasteiger partial charge in [-0.15, -0.1) is 0 Å². The van der Waals surface area contributed by atoms with Crippen molar-refractivity contribution in [3.63, 3.8) is 0 Å². The summed E-state index contributed by atoms with van der Waals surface area (Å²) in [6.45, 7) is -0.464. The number of anilines is 1. The van der Waals surface area contributed by atoms with Crippen molar-refractivity contribution >= 4 is 39.0 Å². The second kappa shape index (κ2) is 9.87. The summed E-state index contributed by atoms with van der Waals surface area (Å²) in [5.41, 5.74) is 1.70. The summed E-state index contributed by atoms with van der Waals surface area (Å²) in [5, 5.41) is 3.08. The summed E-state index contributed by atoms with van der Waals surface area (Å²) in [7, 11) is -3.69. The summed E-state index contributed by atoms with van der Waals surface area (Å²) in [5.74, 6) is -0.807. The molecule has 0 heterocycles. The molecule has 0 saturated carbocycles. The van der Waals surface area contributed by atoms with Crippen molar-refractivity contribution in [2.45, 2.75) is 6.54 Å². The number of ketones is 1. The normalized spacial score (nSPS) is 11.3. The zero-order valence-electron chi connectivity index (χ0n) is 16.8. The maximum Gasteiger partial charge on any atom is 0.239 e. The number of para-hydroxylation sites is 1. The molecule has 0 aliphatic carbocycles. The predicted molar refractivity (Wildman–Crippen MR) is 122 cm³/mol. The van der Waals surface area contributed by atoms with Gasteiger partial charge in [0.15, 0.2) is 5.78 Å². The summed E-state index contributed by atoms with van der Waals surface area (Å²) in [6, 6.07) is 22.2. The van der Waals surface area contributed by atoms with E-state index in [1.54, 1.807) is 72.8 Å². The minimum absolute atomic E-state index is 0.0451. The summed E-state index contributed by atoms with van der Waals surface area (Å²) >= 11 is 6.14. The van der Waals surface area contributed by atoms with Gasteiger partial charge in [-0.05, 0) is 23.8 Å². The molecule has 1 amide bonds. The predicted octanol–water partition coefficient (Wildman–Crippen LogP) is 3.97. The van der Waals surface area contributed by atoms with E-state index in [9.17, 15) is 18.0 Å². The topological polar surface area (TPSA) is 83.6 Å². The monoisotopic (exact) mass is 456 g/mol. The average Bonchev–Trinajstić information content (AvgIpc) is 2.74. The van der Waals surface area contributed by atoms with Crippen molar-refractivity contribution in [1.29, 1.82) is 0 Å². The molecule has 31 heavy (non-hydrogen) atoms. The van der Waals surface area contributed by atoms with E-state index in [4.69, 9.17) is 11.6 Å². The van der Waals surface area contributed by atoms with Gasteiger partial charge in [0.1, 0.15) is 0 Å². The molecule has 0 aliphatic heterocycles. The van der Waals surface area contributed by atoms with E-state index >= 15 is 0 Å². The Morgan fingerprint density at radius 3 is 2.19 bits per heavy atom. The van der Waals surface area contributed by atoms with Gasteiger partial charge in [-0.1, -0.05) is 72.3 Å². The SMILES string of the molecule is CS(=O)(=O)N(CC(=O)Nc1ccccc1C(=O)c1ccccc1)Cc1ccccc1Cl. The lowest BCUT2D eigenvalue weighted by atomic mass is 10.0. The van der Waals surface area contributed by atoms with Crippen LogP contribution in [0.1, 0.15) is 21.5 Å². The zero-order chi connectivity index (χ0) is 22.4. The first-order valence-corrected chi connectivity index (χ1v) is 11.7. The molecule has 3 rings (SSSR count). The van der Waals surface area contributed by atoms with E-state index in [0.717, 1.165) is 10.6 Å². The number of nitrogens with one attached hydrogen (secondary N) is 1. The maximum absolute atomic E-state index is 12.8. The van der Waals surface area contributed by atoms with E-state index in [2.05, 4.69) is 5.32 Å². The quantitative estimate of drug-likeness (QED) is 0.520. The van der Waals surface area contributed by atoms with Crippen LogP contribution in [0.5, 0.6) is 0 Å². The molecule has 0 atom stereocenters. The fourth-order valence-electron chi connectivity index (χ4n) is 2.99. The third-order valence-corrected chi connectivity index (χ3v) is 6.14. The van der Waals surface area contributed by atoms with Gasteiger partial charge in [0.25, 0.3) is 0 Å². The molecule has 0 unspecified atom stereocenters. The van der Waals surface area contributed by atoms with Crippen molar-refractivity contribution in [3.05, 3.63) is 101 Å². The van der Waals surface area contributed by atoms with E-state index in [-0.39, 0.29) is 12.3 Å². The van der Waals surface area contributed by atoms with Gasteiger partial charge in [0.05, 0.1) is 18.5 Å². The van der Waals surface area contributed by atoms with Gasteiger partial charge in [0, 0.05) is 22.7 Å². The lowest BCUT2D eigenvalue weighted by molar-refractivity contribution is -0.116. The number of carbonyl (C=O) groups is 2. The first-order valence-electron chi connectivity index (χ1n) is 9.43. The molecule has 3 aromatic rings. The molecule has 0 spiro atoms. The number of sulfonamides is 1. The molecule has 1 N–H and O–H groups in total. The largest absolute Gasteiger partial charge is 0.324 e. The van der Waals surface area contributed by atoms with Crippen LogP contribution in [0.15, 0.2) is 78.9 Å². The molecule has 8 heteroatoms. The Balaban J connectivity index is 1.79. The van der Waals surface area contributed by atoms with Crippen molar-refractivity contribution in [1.82, 2.24) is 4.31 Å². The fraction of sp³-hybridized carbons (Fsp3) is 0.130. The van der Waals surface area contributed by atoms with Gasteiger partial charge >= 0.3 is 0 Å². The first-order chi connectivity index (χ1) is 14.8. The highest BCUT2D eigenvalue weighted by Gasteiger charge is 2.22. The molecule has 0 aliphatic rings. The fourth-order valence-corrected chi connectivity index (χ4v) is 3.91. The second-order valence-electron chi connectivity index (χ2n) is 6.91. The van der Waals surface area contributed by atoms with Crippen molar-refractivity contribution < 1.29 is 18.0 Å². The molecule has 0 bridgehead atoms. The third-order valence-electron chi connectivity index (χ3n) is 4.58. The Bertz CT molecular complexity index is 1200. The molecule has 0 saturated heterocycles. The van der Waals surface area contributed by atoms with Crippen LogP contribution < -0.4 is 5.32 Å². The van der Waals surface area contributed by atoms with Gasteiger partial charge in [-0.2, -0.15) is 4.31 Å². The van der Waals surface area contributed by atoms with Crippen LogP contribution in [0.25, 0.3) is 0 Å². The lowest BCUT2D eigenvalue weighted by Crippen LogP contribution is -2.37. The number of rotatable bonds is 8. The Labute approximate surface area is 186 Å². The Morgan fingerprint density at radius 1 is 0.903 bits per heavy atom. The molecule has 0 fully saturated rings. The van der Waals surface area contributed by atoms with Gasteiger partial charge in [-0.25, -0.2) is 8.42 Å². The molecule has 3 aromatic carbocycles. The third kappa shape index (κ3) is 6.01. The van der Waals surface area contributed by atoms with Crippen LogP contribution in [0.3, 0.4) is 0 Å². The summed E-state index contributed by atoms with van der Waals surface area (Å²) in [6.07, 6.45) is 1.03. The highest BCUT2D eigenvalue weighted by atomic mass is 35.5. The van der Waals surface area contributed by atoms with Gasteiger partial charge < -0.3 is 5.32 Å². The van der Waals surface area contributed by atoms with Crippen molar-refractivity contribution in [2.24, 2.45) is 0 Å². The van der Waals surface area contributed by atoms with Crippen molar-refractivity contribution in [2.75, 3.05) is 18.1 Å². The Hall–Kier alpha value is -3.00. The minimum Gasteiger partial charge on any atom is -0.324 e. The molecular weight excluding hydrogens is 436 g/mol. The van der Waals surface area contributed by atoms with E-state index in [1.165, 1.54) is 0 Å². The molecule has 0 aromatic heterocycles. The van der Waals surface area contributed by atoms with Crippen LogP contribution in [0, 0.1) is 0 Å².